The van der Waals surface area contributed by atoms with Crippen LogP contribution in [0.25, 0.3) is 0 Å². The summed E-state index contributed by atoms with van der Waals surface area (Å²) in [5, 5.41) is 38.8. The summed E-state index contributed by atoms with van der Waals surface area (Å²) >= 11 is 0. The van der Waals surface area contributed by atoms with E-state index in [9.17, 15) is 24.9 Å². The van der Waals surface area contributed by atoms with Crippen LogP contribution < -0.4 is 0 Å². The molecule has 1 aromatic rings. The third kappa shape index (κ3) is 3.45. The maximum absolute atomic E-state index is 13.7. The third-order valence-electron chi connectivity index (χ3n) is 12.8. The molecule has 1 saturated heterocycles. The number of piperidine rings is 1. The number of aliphatic hydroxyl groups excluding tert-OH is 1. The molecule has 6 fully saturated rings. The second kappa shape index (κ2) is 10.2. The van der Waals surface area contributed by atoms with Gasteiger partial charge in [0.05, 0.1) is 35.9 Å². The highest BCUT2D eigenvalue weighted by atomic mass is 16.6. The van der Waals surface area contributed by atoms with Crippen LogP contribution in [-0.4, -0.2) is 134 Å². The molecule has 6 aliphatic rings. The lowest BCUT2D eigenvalue weighted by Gasteiger charge is -2.71. The van der Waals surface area contributed by atoms with Crippen LogP contribution >= 0.6 is 0 Å². The van der Waals surface area contributed by atoms with Crippen LogP contribution in [-0.2, 0) is 33.2 Å². The number of aliphatic hydroxyl groups is 3. The first kappa shape index (κ1) is 31.4. The molecule has 12 nitrogen and oxygen atoms in total. The number of likely N-dealkylation sites (tertiary alicyclic amines) is 1. The molecular formula is C33H45NO11. The zero-order valence-corrected chi connectivity index (χ0v) is 26.7. The van der Waals surface area contributed by atoms with Crippen LogP contribution in [0.1, 0.15) is 36.5 Å². The lowest BCUT2D eigenvalue weighted by molar-refractivity contribution is -0.346. The van der Waals surface area contributed by atoms with Crippen molar-refractivity contribution in [2.45, 2.75) is 79.6 Å². The van der Waals surface area contributed by atoms with E-state index in [1.807, 2.05) is 7.05 Å². The molecule has 248 valence electrons. The SMILES string of the molecule is COC[C@@]12CC[C@H](OC)[C@@]34[C@@H]1[C@@H](OC)[C@@H]([C@H]3N(C)C2)[C@]1(OC(C)=O)[C@H]2[C@@H](OC(=O)c3ccccc3)[C@](O)(C[C@]24O)[C@@H](OC)[C@@H]1O. The van der Waals surface area contributed by atoms with Crippen molar-refractivity contribution in [1.82, 2.24) is 4.90 Å². The van der Waals surface area contributed by atoms with E-state index < -0.39 is 88.0 Å². The second-order valence-corrected chi connectivity index (χ2v) is 14.4. The van der Waals surface area contributed by atoms with Gasteiger partial charge in [0.2, 0.25) is 0 Å². The molecule has 1 aliphatic heterocycles. The number of rotatable bonds is 8. The Balaban J connectivity index is 1.54. The summed E-state index contributed by atoms with van der Waals surface area (Å²) in [6.07, 6.45) is -4.54. The summed E-state index contributed by atoms with van der Waals surface area (Å²) in [6, 6.07) is 7.85. The Morgan fingerprint density at radius 3 is 2.31 bits per heavy atom. The quantitative estimate of drug-likeness (QED) is 0.341. The molecule has 0 radical (unpaired) electrons. The molecule has 1 heterocycles. The number of hydrogen-bond donors (Lipinski definition) is 3. The highest BCUT2D eigenvalue weighted by Gasteiger charge is 2.95. The van der Waals surface area contributed by atoms with Crippen molar-refractivity contribution in [3.8, 4) is 0 Å². The number of esters is 2. The van der Waals surface area contributed by atoms with Gasteiger partial charge in [0.1, 0.15) is 23.9 Å². The van der Waals surface area contributed by atoms with Crippen molar-refractivity contribution in [3.63, 3.8) is 0 Å². The average molecular weight is 632 g/mol. The zero-order valence-electron chi connectivity index (χ0n) is 26.7. The largest absolute Gasteiger partial charge is 0.455 e. The van der Waals surface area contributed by atoms with E-state index in [0.29, 0.717) is 19.6 Å². The fourth-order valence-electron chi connectivity index (χ4n) is 12.3. The Morgan fingerprint density at radius 1 is 1.00 bits per heavy atom. The monoisotopic (exact) mass is 631 g/mol. The minimum absolute atomic E-state index is 0.248. The minimum Gasteiger partial charge on any atom is -0.455 e. The van der Waals surface area contributed by atoms with Gasteiger partial charge in [-0.2, -0.15) is 0 Å². The molecule has 12 heteroatoms. The molecule has 3 N–H and O–H groups in total. The number of carbonyl (C=O) groups is 2. The number of fused-ring (bicyclic) bond motifs is 2. The Kier molecular flexibility index (Phi) is 7.10. The van der Waals surface area contributed by atoms with Crippen LogP contribution in [0.15, 0.2) is 30.3 Å². The molecule has 1 spiro atoms. The summed E-state index contributed by atoms with van der Waals surface area (Å²) < 4.78 is 37.0. The average Bonchev–Trinajstić information content (AvgIpc) is 3.37. The maximum atomic E-state index is 13.7. The smallest absolute Gasteiger partial charge is 0.338 e. The van der Waals surface area contributed by atoms with Crippen LogP contribution in [0.2, 0.25) is 0 Å². The van der Waals surface area contributed by atoms with Crippen molar-refractivity contribution < 1.29 is 53.3 Å². The van der Waals surface area contributed by atoms with Gasteiger partial charge in [0, 0.05) is 77.0 Å². The Bertz CT molecular complexity index is 1360. The summed E-state index contributed by atoms with van der Waals surface area (Å²) in [4.78, 5) is 29.1. The molecule has 45 heavy (non-hydrogen) atoms. The topological polar surface area (TPSA) is 153 Å². The number of methoxy groups -OCH3 is 4. The van der Waals surface area contributed by atoms with Gasteiger partial charge in [0.15, 0.2) is 5.60 Å². The third-order valence-corrected chi connectivity index (χ3v) is 12.8. The minimum atomic E-state index is -2.05. The van der Waals surface area contributed by atoms with E-state index >= 15 is 0 Å². The highest BCUT2D eigenvalue weighted by molar-refractivity contribution is 5.89. The van der Waals surface area contributed by atoms with Crippen molar-refractivity contribution in [2.75, 3.05) is 48.6 Å². The molecule has 0 aromatic heterocycles. The van der Waals surface area contributed by atoms with E-state index in [0.717, 1.165) is 6.42 Å². The van der Waals surface area contributed by atoms with E-state index in [1.165, 1.54) is 14.0 Å². The lowest BCUT2D eigenvalue weighted by Crippen LogP contribution is -2.84. The van der Waals surface area contributed by atoms with Gasteiger partial charge in [-0.05, 0) is 32.0 Å². The van der Waals surface area contributed by atoms with E-state index in [2.05, 4.69) is 4.90 Å². The Morgan fingerprint density at radius 2 is 1.71 bits per heavy atom. The number of carbonyl (C=O) groups excluding carboxylic acids is 2. The fourth-order valence-corrected chi connectivity index (χ4v) is 12.3. The predicted octanol–water partition coefficient (Wildman–Crippen LogP) is 0.402. The lowest BCUT2D eigenvalue weighted by atomic mass is 9.41. The fraction of sp³-hybridized carbons (Fsp3) is 0.758. The van der Waals surface area contributed by atoms with E-state index in [4.69, 9.17) is 28.4 Å². The summed E-state index contributed by atoms with van der Waals surface area (Å²) in [7, 11) is 8.19. The van der Waals surface area contributed by atoms with Crippen LogP contribution in [0.5, 0.6) is 0 Å². The molecular weight excluding hydrogens is 586 g/mol. The molecule has 7 bridgehead atoms. The van der Waals surface area contributed by atoms with Gasteiger partial charge in [-0.15, -0.1) is 0 Å². The first-order chi connectivity index (χ1) is 21.4. The number of hydrogen-bond acceptors (Lipinski definition) is 12. The molecule has 14 atom stereocenters. The first-order valence-electron chi connectivity index (χ1n) is 15.8. The standard InChI is InChI=1S/C33H45NO11/c1-17(35)45-33-20-21(42-5)22-29(16-40-3)13-12-19(41-4)32(22,24(20)34(2)15-29)31(39)14-30(38,27(43-6)25(33)36)26(23(31)33)44-28(37)18-10-8-7-9-11-18/h7-11,19-27,36,38-39H,12-16H2,1-6H3/t19-,20-,21-,22+,23-,24+,25-,26+,27-,29-,30+,31-,32+,33-/m0/s1. The molecule has 5 saturated carbocycles. The number of ether oxygens (including phenoxy) is 6. The van der Waals surface area contributed by atoms with Crippen LogP contribution in [0.3, 0.4) is 0 Å². The van der Waals surface area contributed by atoms with E-state index in [-0.39, 0.29) is 17.9 Å². The van der Waals surface area contributed by atoms with Crippen LogP contribution in [0.4, 0.5) is 0 Å². The van der Waals surface area contributed by atoms with E-state index in [1.54, 1.807) is 51.7 Å². The Hall–Kier alpha value is -2.16. The molecule has 1 aromatic carbocycles. The summed E-state index contributed by atoms with van der Waals surface area (Å²) in [6.45, 7) is 2.24. The summed E-state index contributed by atoms with van der Waals surface area (Å²) in [5.74, 6) is -3.77. The van der Waals surface area contributed by atoms with Gasteiger partial charge < -0.3 is 48.6 Å². The van der Waals surface area contributed by atoms with Crippen molar-refractivity contribution in [1.29, 1.82) is 0 Å². The second-order valence-electron chi connectivity index (χ2n) is 14.4. The normalized spacial score (nSPS) is 50.7. The molecule has 0 amide bonds. The molecule has 5 aliphatic carbocycles. The maximum Gasteiger partial charge on any atom is 0.338 e. The Labute approximate surface area is 262 Å². The van der Waals surface area contributed by atoms with Crippen molar-refractivity contribution in [2.24, 2.45) is 28.6 Å². The number of nitrogens with zero attached hydrogens (tertiary/aromatic N) is 1. The molecule has 0 unspecified atom stereocenters. The first-order valence-corrected chi connectivity index (χ1v) is 15.8. The number of benzene rings is 1. The van der Waals surface area contributed by atoms with Crippen LogP contribution in [0, 0.1) is 28.6 Å². The van der Waals surface area contributed by atoms with Gasteiger partial charge in [0.25, 0.3) is 0 Å². The van der Waals surface area contributed by atoms with Gasteiger partial charge in [-0.25, -0.2) is 4.79 Å². The molecule has 7 rings (SSSR count). The van der Waals surface area contributed by atoms with Crippen molar-refractivity contribution in [3.05, 3.63) is 35.9 Å². The van der Waals surface area contributed by atoms with Crippen molar-refractivity contribution >= 4 is 11.9 Å². The predicted molar refractivity (Wildman–Crippen MR) is 156 cm³/mol. The summed E-state index contributed by atoms with van der Waals surface area (Å²) in [5.41, 5.74) is -7.17. The zero-order chi connectivity index (χ0) is 32.3. The van der Waals surface area contributed by atoms with Gasteiger partial charge in [-0.1, -0.05) is 18.2 Å². The highest BCUT2D eigenvalue weighted by Crippen LogP contribution is 2.81. The van der Waals surface area contributed by atoms with Gasteiger partial charge in [-0.3, -0.25) is 4.79 Å². The van der Waals surface area contributed by atoms with Gasteiger partial charge >= 0.3 is 11.9 Å².